The maximum Gasteiger partial charge on any atom is 0.356 e. The van der Waals surface area contributed by atoms with E-state index in [-0.39, 0.29) is 10.8 Å². The zero-order chi connectivity index (χ0) is 14.5. The number of carbonyl (C=O) groups is 2. The van der Waals surface area contributed by atoms with E-state index in [0.29, 0.717) is 6.54 Å². The first-order valence-electron chi connectivity index (χ1n) is 5.83. The van der Waals surface area contributed by atoms with Crippen molar-refractivity contribution in [1.29, 1.82) is 0 Å². The second-order valence-electron chi connectivity index (χ2n) is 4.01. The van der Waals surface area contributed by atoms with Crippen molar-refractivity contribution in [2.24, 2.45) is 0 Å². The summed E-state index contributed by atoms with van der Waals surface area (Å²) in [5.41, 5.74) is 6.13. The third-order valence-corrected chi connectivity index (χ3v) is 2.99. The van der Waals surface area contributed by atoms with E-state index in [2.05, 4.69) is 15.6 Å². The number of carbonyl (C=O) groups excluding carboxylic acids is 2. The van der Waals surface area contributed by atoms with Crippen molar-refractivity contribution >= 4 is 29.2 Å². The van der Waals surface area contributed by atoms with Crippen LogP contribution in [0.25, 0.3) is 0 Å². The molecule has 0 radical (unpaired) electrons. The van der Waals surface area contributed by atoms with E-state index >= 15 is 0 Å². The van der Waals surface area contributed by atoms with E-state index in [4.69, 9.17) is 12.2 Å². The minimum Gasteiger partial charge on any atom is -0.464 e. The summed E-state index contributed by atoms with van der Waals surface area (Å²) in [5, 5.41) is 0.189. The summed E-state index contributed by atoms with van der Waals surface area (Å²) in [6.45, 7) is 0.318. The lowest BCUT2D eigenvalue weighted by Crippen LogP contribution is -2.45. The first kappa shape index (κ1) is 14.0. The smallest absolute Gasteiger partial charge is 0.356 e. The SMILES string of the molecule is COC(=O)C1=CC(=O)N(Cc2ccccc2)C(=S)NN1. The summed E-state index contributed by atoms with van der Waals surface area (Å²) >= 11 is 5.11. The van der Waals surface area contributed by atoms with Crippen LogP contribution in [0.1, 0.15) is 5.56 Å². The molecule has 0 spiro atoms. The van der Waals surface area contributed by atoms with Crippen molar-refractivity contribution in [3.05, 3.63) is 47.7 Å². The van der Waals surface area contributed by atoms with Gasteiger partial charge in [-0.25, -0.2) is 4.79 Å². The predicted molar refractivity (Wildman–Crippen MR) is 76.0 cm³/mol. The number of rotatable bonds is 3. The van der Waals surface area contributed by atoms with Crippen molar-refractivity contribution in [3.63, 3.8) is 0 Å². The van der Waals surface area contributed by atoms with Gasteiger partial charge in [-0.3, -0.25) is 20.5 Å². The molecule has 1 heterocycles. The molecular weight excluding hydrogens is 278 g/mol. The van der Waals surface area contributed by atoms with Gasteiger partial charge in [0.1, 0.15) is 5.70 Å². The van der Waals surface area contributed by atoms with Crippen LogP contribution in [0.3, 0.4) is 0 Å². The molecule has 1 aromatic rings. The van der Waals surface area contributed by atoms with Gasteiger partial charge in [0.2, 0.25) is 0 Å². The molecule has 0 fully saturated rings. The Morgan fingerprint density at radius 2 is 2.00 bits per heavy atom. The third-order valence-electron chi connectivity index (χ3n) is 2.67. The zero-order valence-corrected chi connectivity index (χ0v) is 11.6. The highest BCUT2D eigenvalue weighted by atomic mass is 32.1. The molecule has 1 amide bonds. The summed E-state index contributed by atoms with van der Waals surface area (Å²) in [6.07, 6.45) is 1.15. The fraction of sp³-hybridized carbons (Fsp3) is 0.154. The molecule has 104 valence electrons. The molecule has 0 saturated carbocycles. The topological polar surface area (TPSA) is 70.7 Å². The van der Waals surface area contributed by atoms with Gasteiger partial charge < -0.3 is 4.74 Å². The molecule has 20 heavy (non-hydrogen) atoms. The first-order valence-corrected chi connectivity index (χ1v) is 6.24. The van der Waals surface area contributed by atoms with Crippen molar-refractivity contribution in [2.45, 2.75) is 6.54 Å². The Morgan fingerprint density at radius 3 is 2.65 bits per heavy atom. The molecule has 0 aromatic heterocycles. The standard InChI is InChI=1S/C13H13N3O3S/c1-19-12(18)10-7-11(17)16(13(20)15-14-10)8-9-5-3-2-4-6-9/h2-7,14H,8H2,1H3,(H,15,20). The molecule has 0 saturated heterocycles. The predicted octanol–water partition coefficient (Wildman–Crippen LogP) is 0.465. The zero-order valence-electron chi connectivity index (χ0n) is 10.8. The highest BCUT2D eigenvalue weighted by molar-refractivity contribution is 7.80. The van der Waals surface area contributed by atoms with Gasteiger partial charge in [0.05, 0.1) is 13.7 Å². The molecular formula is C13H13N3O3S. The van der Waals surface area contributed by atoms with Crippen LogP contribution in [0.15, 0.2) is 42.1 Å². The molecule has 0 aliphatic carbocycles. The van der Waals surface area contributed by atoms with Gasteiger partial charge in [-0.15, -0.1) is 0 Å². The van der Waals surface area contributed by atoms with Crippen LogP contribution in [-0.2, 0) is 20.9 Å². The Morgan fingerprint density at radius 1 is 1.30 bits per heavy atom. The Balaban J connectivity index is 2.20. The summed E-state index contributed by atoms with van der Waals surface area (Å²) < 4.78 is 4.56. The van der Waals surface area contributed by atoms with Crippen LogP contribution in [-0.4, -0.2) is 29.0 Å². The fourth-order valence-corrected chi connectivity index (χ4v) is 1.87. The molecule has 0 bridgehead atoms. The largest absolute Gasteiger partial charge is 0.464 e. The highest BCUT2D eigenvalue weighted by Gasteiger charge is 2.23. The van der Waals surface area contributed by atoms with Gasteiger partial charge in [0, 0.05) is 6.08 Å². The summed E-state index contributed by atoms with van der Waals surface area (Å²) in [6, 6.07) is 9.42. The van der Waals surface area contributed by atoms with Gasteiger partial charge in [-0.1, -0.05) is 30.3 Å². The lowest BCUT2D eigenvalue weighted by molar-refractivity contribution is -0.137. The van der Waals surface area contributed by atoms with Crippen molar-refractivity contribution < 1.29 is 14.3 Å². The number of hydrogen-bond acceptors (Lipinski definition) is 5. The van der Waals surface area contributed by atoms with Gasteiger partial charge in [-0.05, 0) is 17.8 Å². The quantitative estimate of drug-likeness (QED) is 0.623. The lowest BCUT2D eigenvalue weighted by atomic mass is 10.2. The summed E-state index contributed by atoms with van der Waals surface area (Å²) in [7, 11) is 1.24. The van der Waals surface area contributed by atoms with Gasteiger partial charge in [0.25, 0.3) is 5.91 Å². The maximum absolute atomic E-state index is 12.1. The van der Waals surface area contributed by atoms with E-state index < -0.39 is 11.9 Å². The monoisotopic (exact) mass is 291 g/mol. The number of ether oxygens (including phenoxy) is 1. The molecule has 1 aromatic carbocycles. The fourth-order valence-electron chi connectivity index (χ4n) is 1.66. The van der Waals surface area contributed by atoms with E-state index in [1.54, 1.807) is 0 Å². The van der Waals surface area contributed by atoms with E-state index in [1.807, 2.05) is 30.3 Å². The van der Waals surface area contributed by atoms with Crippen LogP contribution in [0, 0.1) is 0 Å². The number of methoxy groups -OCH3 is 1. The van der Waals surface area contributed by atoms with E-state index in [0.717, 1.165) is 11.6 Å². The number of nitrogens with one attached hydrogen (secondary N) is 2. The molecule has 7 heteroatoms. The second-order valence-corrected chi connectivity index (χ2v) is 4.40. The molecule has 2 N–H and O–H groups in total. The van der Waals surface area contributed by atoms with Gasteiger partial charge in [-0.2, -0.15) is 0 Å². The molecule has 0 atom stereocenters. The van der Waals surface area contributed by atoms with E-state index in [1.165, 1.54) is 12.0 Å². The number of nitrogens with zero attached hydrogens (tertiary/aromatic N) is 1. The second kappa shape index (κ2) is 6.16. The maximum atomic E-state index is 12.1. The lowest BCUT2D eigenvalue weighted by Gasteiger charge is -2.20. The number of esters is 1. The minimum atomic E-state index is -0.643. The van der Waals surface area contributed by atoms with Crippen LogP contribution in [0.4, 0.5) is 0 Å². The van der Waals surface area contributed by atoms with Crippen LogP contribution in [0.2, 0.25) is 0 Å². The average Bonchev–Trinajstić information content (AvgIpc) is 2.61. The van der Waals surface area contributed by atoms with Crippen molar-refractivity contribution in [3.8, 4) is 0 Å². The first-order chi connectivity index (χ1) is 9.61. The third kappa shape index (κ3) is 3.12. The number of thiocarbonyl (C=S) groups is 1. The van der Waals surface area contributed by atoms with Crippen LogP contribution in [0.5, 0.6) is 0 Å². The Kier molecular flexibility index (Phi) is 4.31. The number of amides is 1. The Bertz CT molecular complexity index is 571. The Labute approximate surface area is 121 Å². The van der Waals surface area contributed by atoms with Gasteiger partial charge in [0.15, 0.2) is 5.11 Å². The van der Waals surface area contributed by atoms with Gasteiger partial charge >= 0.3 is 5.97 Å². The average molecular weight is 291 g/mol. The Hall–Kier alpha value is -2.41. The van der Waals surface area contributed by atoms with E-state index in [9.17, 15) is 9.59 Å². The minimum absolute atomic E-state index is 0.00964. The summed E-state index contributed by atoms with van der Waals surface area (Å²) in [5.74, 6) is -1.04. The highest BCUT2D eigenvalue weighted by Crippen LogP contribution is 2.08. The number of hydrazine groups is 1. The van der Waals surface area contributed by atoms with Crippen LogP contribution < -0.4 is 10.9 Å². The number of hydrogen-bond donors (Lipinski definition) is 2. The molecule has 0 unspecified atom stereocenters. The molecule has 2 rings (SSSR count). The summed E-state index contributed by atoms with van der Waals surface area (Å²) in [4.78, 5) is 24.9. The molecule has 1 aliphatic rings. The van der Waals surface area contributed by atoms with Crippen molar-refractivity contribution in [2.75, 3.05) is 7.11 Å². The normalized spacial score (nSPS) is 14.8. The molecule has 6 nitrogen and oxygen atoms in total. The van der Waals surface area contributed by atoms with Crippen LogP contribution >= 0.6 is 12.2 Å². The molecule has 1 aliphatic heterocycles. The number of benzene rings is 1. The van der Waals surface area contributed by atoms with Crippen molar-refractivity contribution in [1.82, 2.24) is 15.8 Å².